The number of nitrogens with two attached hydrogens (primary N) is 1. The Morgan fingerprint density at radius 1 is 1.10 bits per heavy atom. The lowest BCUT2D eigenvalue weighted by atomic mass is 10.0. The van der Waals surface area contributed by atoms with Crippen molar-refractivity contribution in [3.05, 3.63) is 65.7 Å². The monoisotopic (exact) mass is 270 g/mol. The van der Waals surface area contributed by atoms with E-state index in [1.807, 2.05) is 48.5 Å². The predicted molar refractivity (Wildman–Crippen MR) is 79.6 cm³/mol. The van der Waals surface area contributed by atoms with Gasteiger partial charge in [0.15, 0.2) is 0 Å². The third kappa shape index (κ3) is 3.66. The van der Waals surface area contributed by atoms with E-state index >= 15 is 0 Å². The molecule has 4 N–H and O–H groups in total. The molecule has 104 valence electrons. The summed E-state index contributed by atoms with van der Waals surface area (Å²) in [5.74, 6) is -0.170. The summed E-state index contributed by atoms with van der Waals surface area (Å²) in [7, 11) is 0. The van der Waals surface area contributed by atoms with Gasteiger partial charge in [-0.3, -0.25) is 4.79 Å². The summed E-state index contributed by atoms with van der Waals surface area (Å²) in [6.45, 7) is -0.103. The van der Waals surface area contributed by atoms with E-state index in [9.17, 15) is 4.79 Å². The molecular weight excluding hydrogens is 252 g/mol. The Kier molecular flexibility index (Phi) is 4.87. The first-order chi connectivity index (χ1) is 9.70. The zero-order chi connectivity index (χ0) is 14.4. The van der Waals surface area contributed by atoms with Gasteiger partial charge in [0.05, 0.1) is 6.61 Å². The zero-order valence-corrected chi connectivity index (χ0v) is 11.1. The first-order valence-electron chi connectivity index (χ1n) is 6.51. The number of hydrogen-bond acceptors (Lipinski definition) is 3. The van der Waals surface area contributed by atoms with Crippen LogP contribution < -0.4 is 11.1 Å². The van der Waals surface area contributed by atoms with Crippen molar-refractivity contribution in [2.45, 2.75) is 12.5 Å². The molecule has 0 aliphatic heterocycles. The number of hydrogen-bond donors (Lipinski definition) is 3. The van der Waals surface area contributed by atoms with Crippen molar-refractivity contribution in [2.24, 2.45) is 5.73 Å². The number of anilines is 1. The van der Waals surface area contributed by atoms with Crippen molar-refractivity contribution in [1.29, 1.82) is 0 Å². The van der Waals surface area contributed by atoms with Crippen LogP contribution in [-0.2, 0) is 6.42 Å². The zero-order valence-electron chi connectivity index (χ0n) is 11.1. The van der Waals surface area contributed by atoms with Gasteiger partial charge in [-0.2, -0.15) is 0 Å². The standard InChI is InChI=1S/C16H18N2O2/c17-13(11-19)10-12-6-4-5-9-15(12)16(20)18-14-7-2-1-3-8-14/h1-9,13,19H,10-11,17H2,(H,18,20)/t13-/m1/s1. The van der Waals surface area contributed by atoms with Crippen molar-refractivity contribution in [1.82, 2.24) is 0 Å². The molecule has 0 unspecified atom stereocenters. The molecule has 0 aliphatic carbocycles. The first-order valence-corrected chi connectivity index (χ1v) is 6.51. The molecule has 0 saturated heterocycles. The first kappa shape index (κ1) is 14.2. The summed E-state index contributed by atoms with van der Waals surface area (Å²) in [4.78, 5) is 12.3. The van der Waals surface area contributed by atoms with Gasteiger partial charge in [-0.05, 0) is 30.2 Å². The van der Waals surface area contributed by atoms with Gasteiger partial charge < -0.3 is 16.2 Å². The molecule has 1 amide bonds. The second-order valence-corrected chi connectivity index (χ2v) is 4.62. The predicted octanol–water partition coefficient (Wildman–Crippen LogP) is 1.80. The molecule has 0 saturated carbocycles. The van der Waals surface area contributed by atoms with E-state index in [0.717, 1.165) is 11.3 Å². The second-order valence-electron chi connectivity index (χ2n) is 4.62. The van der Waals surface area contributed by atoms with Crippen molar-refractivity contribution >= 4 is 11.6 Å². The van der Waals surface area contributed by atoms with Crippen LogP contribution >= 0.6 is 0 Å². The molecule has 0 bridgehead atoms. The van der Waals surface area contributed by atoms with Crippen LogP contribution in [-0.4, -0.2) is 23.7 Å². The van der Waals surface area contributed by atoms with E-state index in [4.69, 9.17) is 10.8 Å². The average molecular weight is 270 g/mol. The number of rotatable bonds is 5. The van der Waals surface area contributed by atoms with Gasteiger partial charge >= 0.3 is 0 Å². The highest BCUT2D eigenvalue weighted by molar-refractivity contribution is 6.05. The number of aliphatic hydroxyl groups excluding tert-OH is 1. The second kappa shape index (κ2) is 6.84. The van der Waals surface area contributed by atoms with Crippen LogP contribution in [0, 0.1) is 0 Å². The average Bonchev–Trinajstić information content (AvgIpc) is 2.48. The topological polar surface area (TPSA) is 75.3 Å². The fourth-order valence-corrected chi connectivity index (χ4v) is 1.99. The molecule has 0 aliphatic rings. The molecule has 2 aromatic rings. The summed E-state index contributed by atoms with van der Waals surface area (Å²) in [5.41, 5.74) is 7.91. The normalized spacial score (nSPS) is 11.9. The smallest absolute Gasteiger partial charge is 0.255 e. The highest BCUT2D eigenvalue weighted by Crippen LogP contribution is 2.14. The number of benzene rings is 2. The van der Waals surface area contributed by atoms with Crippen molar-refractivity contribution in [3.8, 4) is 0 Å². The maximum Gasteiger partial charge on any atom is 0.255 e. The Hall–Kier alpha value is -2.17. The lowest BCUT2D eigenvalue weighted by Gasteiger charge is -2.13. The van der Waals surface area contributed by atoms with Crippen LogP contribution in [0.1, 0.15) is 15.9 Å². The Labute approximate surface area is 118 Å². The van der Waals surface area contributed by atoms with Gasteiger partial charge in [-0.15, -0.1) is 0 Å². The quantitative estimate of drug-likeness (QED) is 0.775. The molecule has 2 aromatic carbocycles. The van der Waals surface area contributed by atoms with Gasteiger partial charge in [0, 0.05) is 17.3 Å². The summed E-state index contributed by atoms with van der Waals surface area (Å²) < 4.78 is 0. The lowest BCUT2D eigenvalue weighted by Crippen LogP contribution is -2.28. The van der Waals surface area contributed by atoms with E-state index in [2.05, 4.69) is 5.32 Å². The number of aliphatic hydroxyl groups is 1. The molecule has 20 heavy (non-hydrogen) atoms. The Morgan fingerprint density at radius 3 is 2.45 bits per heavy atom. The summed E-state index contributed by atoms with van der Waals surface area (Å²) in [6, 6.07) is 16.2. The number of carbonyl (C=O) groups is 1. The van der Waals surface area contributed by atoms with E-state index in [1.54, 1.807) is 6.07 Å². The Morgan fingerprint density at radius 2 is 1.75 bits per heavy atom. The molecule has 0 heterocycles. The summed E-state index contributed by atoms with van der Waals surface area (Å²) in [5, 5.41) is 11.9. The van der Waals surface area contributed by atoms with Crippen LogP contribution in [0.3, 0.4) is 0 Å². The van der Waals surface area contributed by atoms with Crippen molar-refractivity contribution < 1.29 is 9.90 Å². The third-order valence-corrected chi connectivity index (χ3v) is 3.01. The Bertz CT molecular complexity index is 570. The molecule has 1 atom stereocenters. The van der Waals surface area contributed by atoms with E-state index in [-0.39, 0.29) is 18.6 Å². The van der Waals surface area contributed by atoms with Crippen molar-refractivity contribution in [2.75, 3.05) is 11.9 Å². The fourth-order valence-electron chi connectivity index (χ4n) is 1.99. The molecule has 4 nitrogen and oxygen atoms in total. The Balaban J connectivity index is 2.17. The number of nitrogens with one attached hydrogen (secondary N) is 1. The van der Waals surface area contributed by atoms with Crippen LogP contribution in [0.4, 0.5) is 5.69 Å². The molecule has 0 spiro atoms. The SMILES string of the molecule is N[C@@H](CO)Cc1ccccc1C(=O)Nc1ccccc1. The molecule has 4 heteroatoms. The largest absolute Gasteiger partial charge is 0.395 e. The summed E-state index contributed by atoms with van der Waals surface area (Å²) in [6.07, 6.45) is 0.467. The van der Waals surface area contributed by atoms with Gasteiger partial charge in [-0.1, -0.05) is 36.4 Å². The number of para-hydroxylation sites is 1. The van der Waals surface area contributed by atoms with Crippen LogP contribution in [0.2, 0.25) is 0 Å². The van der Waals surface area contributed by atoms with Crippen LogP contribution in [0.25, 0.3) is 0 Å². The minimum atomic E-state index is -0.360. The van der Waals surface area contributed by atoms with E-state index in [1.165, 1.54) is 0 Å². The fraction of sp³-hybridized carbons (Fsp3) is 0.188. The molecule has 0 fully saturated rings. The van der Waals surface area contributed by atoms with Crippen LogP contribution in [0.5, 0.6) is 0 Å². The molecule has 2 rings (SSSR count). The minimum Gasteiger partial charge on any atom is -0.395 e. The number of amides is 1. The van der Waals surface area contributed by atoms with Crippen molar-refractivity contribution in [3.63, 3.8) is 0 Å². The minimum absolute atomic E-state index is 0.103. The van der Waals surface area contributed by atoms with Gasteiger partial charge in [0.25, 0.3) is 5.91 Å². The number of carbonyl (C=O) groups excluding carboxylic acids is 1. The maximum absolute atomic E-state index is 12.3. The molecule has 0 radical (unpaired) electrons. The molecule has 0 aromatic heterocycles. The highest BCUT2D eigenvalue weighted by Gasteiger charge is 2.13. The highest BCUT2D eigenvalue weighted by atomic mass is 16.3. The lowest BCUT2D eigenvalue weighted by molar-refractivity contribution is 0.102. The molecular formula is C16H18N2O2. The van der Waals surface area contributed by atoms with Gasteiger partial charge in [0.2, 0.25) is 0 Å². The van der Waals surface area contributed by atoms with Gasteiger partial charge in [-0.25, -0.2) is 0 Å². The maximum atomic E-state index is 12.3. The third-order valence-electron chi connectivity index (χ3n) is 3.01. The summed E-state index contributed by atoms with van der Waals surface area (Å²) >= 11 is 0. The van der Waals surface area contributed by atoms with Gasteiger partial charge in [0.1, 0.15) is 0 Å². The van der Waals surface area contributed by atoms with E-state index in [0.29, 0.717) is 12.0 Å². The van der Waals surface area contributed by atoms with E-state index < -0.39 is 0 Å². The van der Waals surface area contributed by atoms with Crippen LogP contribution in [0.15, 0.2) is 54.6 Å².